The lowest BCUT2D eigenvalue weighted by Crippen LogP contribution is -2.11. The van der Waals surface area contributed by atoms with Gasteiger partial charge >= 0.3 is 0 Å². The third-order valence-corrected chi connectivity index (χ3v) is 11.1. The molecule has 1 aromatic heterocycles. The van der Waals surface area contributed by atoms with Crippen LogP contribution in [0.15, 0.2) is 194 Å². The van der Waals surface area contributed by atoms with Crippen LogP contribution in [0.4, 0.5) is 17.1 Å². The maximum absolute atomic E-state index is 5.23. The van der Waals surface area contributed by atoms with E-state index in [-0.39, 0.29) is 0 Å². The summed E-state index contributed by atoms with van der Waals surface area (Å²) in [5.74, 6) is 0. The highest BCUT2D eigenvalue weighted by atomic mass is 32.1. The highest BCUT2D eigenvalue weighted by molar-refractivity contribution is 7.19. The van der Waals surface area contributed by atoms with Crippen molar-refractivity contribution in [2.45, 2.75) is 0 Å². The Balaban J connectivity index is 1.21. The molecule has 0 spiro atoms. The normalized spacial score (nSPS) is 11.5. The summed E-state index contributed by atoms with van der Waals surface area (Å²) in [6, 6.07) is 69.8. The van der Waals surface area contributed by atoms with Crippen LogP contribution in [0.25, 0.3) is 76.4 Å². The van der Waals surface area contributed by atoms with Crippen LogP contribution in [0.1, 0.15) is 0 Å². The smallest absolute Gasteiger partial charge is 0.124 e. The fourth-order valence-electron chi connectivity index (χ4n) is 7.58. The first-order valence-corrected chi connectivity index (χ1v) is 18.4. The van der Waals surface area contributed by atoms with Crippen molar-refractivity contribution in [2.24, 2.45) is 0 Å². The predicted octanol–water partition coefficient (Wildman–Crippen LogP) is 14.1. The number of anilines is 3. The van der Waals surface area contributed by atoms with Crippen LogP contribution in [-0.4, -0.2) is 4.98 Å². The average molecular weight is 681 g/mol. The largest absolute Gasteiger partial charge is 0.310 e. The Morgan fingerprint density at radius 1 is 0.385 bits per heavy atom. The Hall–Kier alpha value is -6.55. The summed E-state index contributed by atoms with van der Waals surface area (Å²) in [6.07, 6.45) is 0. The van der Waals surface area contributed by atoms with E-state index in [2.05, 4.69) is 199 Å². The van der Waals surface area contributed by atoms with Gasteiger partial charge in [-0.2, -0.15) is 0 Å². The molecule has 0 N–H and O–H groups in total. The molecule has 0 unspecified atom stereocenters. The highest BCUT2D eigenvalue weighted by Crippen LogP contribution is 2.54. The molecule has 1 heterocycles. The summed E-state index contributed by atoms with van der Waals surface area (Å²) in [5.41, 5.74) is 15.1. The summed E-state index contributed by atoms with van der Waals surface area (Å²) in [7, 11) is 0. The van der Waals surface area contributed by atoms with Crippen LogP contribution in [0.5, 0.6) is 0 Å². The number of hydrogen-bond donors (Lipinski definition) is 0. The molecule has 0 bridgehead atoms. The van der Waals surface area contributed by atoms with Crippen molar-refractivity contribution >= 4 is 39.2 Å². The van der Waals surface area contributed by atoms with E-state index in [0.717, 1.165) is 33.3 Å². The molecule has 0 saturated heterocycles. The average Bonchev–Trinajstić information content (AvgIpc) is 3.79. The summed E-state index contributed by atoms with van der Waals surface area (Å²) >= 11 is 1.79. The summed E-state index contributed by atoms with van der Waals surface area (Å²) in [4.78, 5) is 8.92. The highest BCUT2D eigenvalue weighted by Gasteiger charge is 2.29. The first-order valence-electron chi connectivity index (χ1n) is 17.6. The standard InChI is InChI=1S/C49H32N2S/c1-5-15-33(16-6-1)37-23-13-24-40(30-37)51(41-31-38(34-17-7-2-8-18-34)29-39(32-41)35-19-9-3-10-20-35)45-28-27-43-46-42(45)25-14-26-44(46)48-47(43)50-49(52-48)36-21-11-4-12-22-36/h1-32H. The Labute approximate surface area is 307 Å². The monoisotopic (exact) mass is 680 g/mol. The van der Waals surface area contributed by atoms with Crippen molar-refractivity contribution in [1.82, 2.24) is 4.98 Å². The van der Waals surface area contributed by atoms with E-state index in [0.29, 0.717) is 0 Å². The van der Waals surface area contributed by atoms with Gasteiger partial charge < -0.3 is 4.90 Å². The molecule has 52 heavy (non-hydrogen) atoms. The van der Waals surface area contributed by atoms with Gasteiger partial charge in [-0.25, -0.2) is 4.98 Å². The van der Waals surface area contributed by atoms with Crippen LogP contribution in [0.2, 0.25) is 0 Å². The van der Waals surface area contributed by atoms with Crippen molar-refractivity contribution in [3.05, 3.63) is 194 Å². The minimum absolute atomic E-state index is 1.06. The second-order valence-electron chi connectivity index (χ2n) is 13.2. The molecular formula is C49H32N2S. The zero-order valence-corrected chi connectivity index (χ0v) is 29.1. The van der Waals surface area contributed by atoms with Crippen molar-refractivity contribution in [2.75, 3.05) is 4.90 Å². The first-order chi connectivity index (χ1) is 25.8. The van der Waals surface area contributed by atoms with Crippen molar-refractivity contribution in [3.63, 3.8) is 0 Å². The lowest BCUT2D eigenvalue weighted by Gasteiger charge is -2.29. The number of thiazole rings is 1. The molecule has 3 heteroatoms. The minimum atomic E-state index is 1.06. The number of aromatic nitrogens is 1. The third kappa shape index (κ3) is 5.22. The fraction of sp³-hybridized carbons (Fsp3) is 0. The van der Waals surface area contributed by atoms with Crippen LogP contribution in [0.3, 0.4) is 0 Å². The zero-order chi connectivity index (χ0) is 34.4. The zero-order valence-electron chi connectivity index (χ0n) is 28.3. The Morgan fingerprint density at radius 2 is 0.923 bits per heavy atom. The summed E-state index contributed by atoms with van der Waals surface area (Å²) in [6.45, 7) is 0. The number of fused-ring (bicyclic) bond motifs is 3. The molecule has 8 aromatic carbocycles. The topological polar surface area (TPSA) is 16.1 Å². The SMILES string of the molecule is c1ccc(-c2cccc(N(c3cc(-c4ccccc4)cc(-c4ccccc4)c3)c3ccc4c5c(cccc35)-c3sc(-c5ccccc5)nc3-4)c2)cc1. The molecule has 0 atom stereocenters. The summed E-state index contributed by atoms with van der Waals surface area (Å²) in [5, 5.41) is 3.53. The molecule has 0 aliphatic heterocycles. The van der Waals surface area contributed by atoms with E-state index >= 15 is 0 Å². The van der Waals surface area contributed by atoms with Gasteiger partial charge in [0.1, 0.15) is 5.01 Å². The summed E-state index contributed by atoms with van der Waals surface area (Å²) < 4.78 is 0. The van der Waals surface area contributed by atoms with Gasteiger partial charge in [-0.05, 0) is 69.8 Å². The van der Waals surface area contributed by atoms with Gasteiger partial charge in [0.2, 0.25) is 0 Å². The molecule has 0 fully saturated rings. The first kappa shape index (κ1) is 30.3. The van der Waals surface area contributed by atoms with Crippen LogP contribution in [-0.2, 0) is 0 Å². The van der Waals surface area contributed by atoms with Crippen molar-refractivity contribution in [3.8, 4) is 65.6 Å². The third-order valence-electron chi connectivity index (χ3n) is 10.0. The van der Waals surface area contributed by atoms with Crippen molar-refractivity contribution < 1.29 is 0 Å². The van der Waals surface area contributed by atoms with Crippen molar-refractivity contribution in [1.29, 1.82) is 0 Å². The molecule has 1 aliphatic rings. The molecule has 10 rings (SSSR count). The maximum Gasteiger partial charge on any atom is 0.124 e. The molecular weight excluding hydrogens is 649 g/mol. The van der Waals surface area contributed by atoms with Crippen LogP contribution in [0, 0.1) is 0 Å². The van der Waals surface area contributed by atoms with E-state index in [4.69, 9.17) is 4.98 Å². The molecule has 0 saturated carbocycles. The van der Waals surface area contributed by atoms with Gasteiger partial charge in [-0.3, -0.25) is 0 Å². The molecule has 2 nitrogen and oxygen atoms in total. The maximum atomic E-state index is 5.23. The van der Waals surface area contributed by atoms with Crippen LogP contribution < -0.4 is 4.90 Å². The van der Waals surface area contributed by atoms with E-state index in [1.165, 1.54) is 60.2 Å². The molecule has 0 amide bonds. The van der Waals surface area contributed by atoms with E-state index in [1.807, 2.05) is 0 Å². The second kappa shape index (κ2) is 12.6. The van der Waals surface area contributed by atoms with Crippen LogP contribution >= 0.6 is 11.3 Å². The van der Waals surface area contributed by atoms with Gasteiger partial charge in [0.15, 0.2) is 0 Å². The van der Waals surface area contributed by atoms with Gasteiger partial charge in [0.05, 0.1) is 16.3 Å². The van der Waals surface area contributed by atoms with Gasteiger partial charge in [-0.15, -0.1) is 11.3 Å². The van der Waals surface area contributed by atoms with Gasteiger partial charge in [0.25, 0.3) is 0 Å². The quantitative estimate of drug-likeness (QED) is 0.167. The molecule has 9 aromatic rings. The van der Waals surface area contributed by atoms with E-state index in [9.17, 15) is 0 Å². The van der Waals surface area contributed by atoms with Gasteiger partial charge in [-0.1, -0.05) is 158 Å². The fourth-order valence-corrected chi connectivity index (χ4v) is 8.70. The second-order valence-corrected chi connectivity index (χ2v) is 14.2. The predicted molar refractivity (Wildman–Crippen MR) is 220 cm³/mol. The van der Waals surface area contributed by atoms with E-state index in [1.54, 1.807) is 11.3 Å². The van der Waals surface area contributed by atoms with E-state index < -0.39 is 0 Å². The minimum Gasteiger partial charge on any atom is -0.310 e. The lowest BCUT2D eigenvalue weighted by molar-refractivity contribution is 1.30. The van der Waals surface area contributed by atoms with Gasteiger partial charge in [0, 0.05) is 38.8 Å². The Bertz CT molecular complexity index is 2630. The lowest BCUT2D eigenvalue weighted by atomic mass is 9.96. The molecule has 244 valence electrons. The Morgan fingerprint density at radius 3 is 1.56 bits per heavy atom. The number of rotatable bonds is 7. The Kier molecular flexibility index (Phi) is 7.37. The number of benzene rings is 8. The molecule has 1 aliphatic carbocycles. The number of hydrogen-bond acceptors (Lipinski definition) is 3. The number of nitrogens with zero attached hydrogens (tertiary/aromatic N) is 2. The molecule has 0 radical (unpaired) electrons.